The summed E-state index contributed by atoms with van der Waals surface area (Å²) in [5, 5.41) is 11.5. The van der Waals surface area contributed by atoms with E-state index in [2.05, 4.69) is 25.5 Å². The molecule has 0 unspecified atom stereocenters. The molecule has 0 saturated heterocycles. The molecule has 1 amide bonds. The highest BCUT2D eigenvalue weighted by molar-refractivity contribution is 6.00. The van der Waals surface area contributed by atoms with Crippen molar-refractivity contribution in [2.75, 3.05) is 12.4 Å². The smallest absolute Gasteiger partial charge is 0.224 e. The zero-order valence-electron chi connectivity index (χ0n) is 22.2. The van der Waals surface area contributed by atoms with E-state index in [0.29, 0.717) is 40.3 Å². The third-order valence-corrected chi connectivity index (χ3v) is 6.66. The van der Waals surface area contributed by atoms with E-state index in [1.165, 1.54) is 19.2 Å². The Morgan fingerprint density at radius 3 is 2.73 bits per heavy atom. The predicted octanol–water partition coefficient (Wildman–Crippen LogP) is 6.97. The first-order chi connectivity index (χ1) is 19.4. The van der Waals surface area contributed by atoms with Gasteiger partial charge in [-0.2, -0.15) is 5.10 Å². The van der Waals surface area contributed by atoms with E-state index in [4.69, 9.17) is 9.72 Å². The lowest BCUT2D eigenvalue weighted by Crippen LogP contribution is -2.13. The fraction of sp³-hybridized carbons (Fsp3) is 0.161. The summed E-state index contributed by atoms with van der Waals surface area (Å²) < 4.78 is 19.6. The molecule has 200 valence electrons. The van der Waals surface area contributed by atoms with Crippen molar-refractivity contribution >= 4 is 33.5 Å². The van der Waals surface area contributed by atoms with Gasteiger partial charge in [-0.1, -0.05) is 26.0 Å². The molecule has 0 fully saturated rings. The minimum absolute atomic E-state index is 0.0515. The van der Waals surface area contributed by atoms with Crippen LogP contribution < -0.4 is 10.1 Å². The third-order valence-electron chi connectivity index (χ3n) is 6.66. The highest BCUT2D eigenvalue weighted by Crippen LogP contribution is 2.35. The summed E-state index contributed by atoms with van der Waals surface area (Å²) in [4.78, 5) is 24.9. The van der Waals surface area contributed by atoms with Gasteiger partial charge in [-0.25, -0.2) is 9.37 Å². The van der Waals surface area contributed by atoms with Gasteiger partial charge in [0.05, 0.1) is 35.9 Å². The number of anilines is 1. The number of hydrogen-bond acceptors (Lipinski definition) is 5. The number of methoxy groups -OCH3 is 1. The Balaban J connectivity index is 1.38. The number of halogens is 1. The second kappa shape index (κ2) is 10.3. The number of nitrogens with one attached hydrogen (secondary N) is 3. The molecular formula is C31H27FN6O2. The van der Waals surface area contributed by atoms with Crippen molar-refractivity contribution in [2.45, 2.75) is 20.3 Å². The Hall–Kier alpha value is -5.05. The standard InChI is InChI=1S/C31H27FN6O2/c1-17(2)9-29(39)34-21-11-19(15-33-16-21)25-7-8-27-30(36-25)31(38-37-27)28-14-24-23(5-4-6-26(24)35-28)18-10-20(32)13-22(12-18)40-3/h4-8,10-17,35H,9H2,1-3H3,(H,34,39)(H,37,38). The quantitative estimate of drug-likeness (QED) is 0.205. The number of carbonyl (C=O) groups is 1. The van der Waals surface area contributed by atoms with Gasteiger partial charge >= 0.3 is 0 Å². The Bertz CT molecular complexity index is 1870. The number of fused-ring (bicyclic) bond motifs is 2. The van der Waals surface area contributed by atoms with Crippen LogP contribution in [0.3, 0.4) is 0 Å². The number of hydrogen-bond donors (Lipinski definition) is 3. The Morgan fingerprint density at radius 2 is 1.90 bits per heavy atom. The summed E-state index contributed by atoms with van der Waals surface area (Å²) in [5.74, 6) is 0.299. The van der Waals surface area contributed by atoms with Crippen LogP contribution in [0.2, 0.25) is 0 Å². The summed E-state index contributed by atoms with van der Waals surface area (Å²) in [5.41, 5.74) is 7.46. The van der Waals surface area contributed by atoms with Crippen molar-refractivity contribution in [3.05, 3.63) is 78.9 Å². The minimum atomic E-state index is -0.366. The van der Waals surface area contributed by atoms with Crippen LogP contribution in [0.4, 0.5) is 10.1 Å². The highest BCUT2D eigenvalue weighted by Gasteiger charge is 2.16. The molecular weight excluding hydrogens is 507 g/mol. The van der Waals surface area contributed by atoms with Crippen LogP contribution in [0, 0.1) is 11.7 Å². The first kappa shape index (κ1) is 25.2. The summed E-state index contributed by atoms with van der Waals surface area (Å²) in [6, 6.07) is 18.2. The number of ether oxygens (including phenoxy) is 1. The molecule has 0 aliphatic rings. The van der Waals surface area contributed by atoms with Gasteiger partial charge < -0.3 is 15.0 Å². The monoisotopic (exact) mass is 534 g/mol. The molecule has 8 nitrogen and oxygen atoms in total. The molecule has 0 bridgehead atoms. The predicted molar refractivity (Wildman–Crippen MR) is 154 cm³/mol. The fourth-order valence-corrected chi connectivity index (χ4v) is 4.85. The average Bonchev–Trinajstić information content (AvgIpc) is 3.56. The molecule has 6 rings (SSSR count). The number of pyridine rings is 2. The maximum absolute atomic E-state index is 14.3. The number of nitrogens with zero attached hydrogens (tertiary/aromatic N) is 3. The summed E-state index contributed by atoms with van der Waals surface area (Å²) >= 11 is 0. The topological polar surface area (TPSA) is 109 Å². The van der Waals surface area contributed by atoms with Crippen LogP contribution in [-0.2, 0) is 4.79 Å². The first-order valence-corrected chi connectivity index (χ1v) is 13.0. The van der Waals surface area contributed by atoms with Crippen LogP contribution in [0.25, 0.3) is 55.7 Å². The van der Waals surface area contributed by atoms with E-state index in [9.17, 15) is 9.18 Å². The number of carbonyl (C=O) groups excluding carboxylic acids is 1. The maximum atomic E-state index is 14.3. The molecule has 9 heteroatoms. The van der Waals surface area contributed by atoms with Crippen LogP contribution in [0.15, 0.2) is 73.1 Å². The molecule has 4 heterocycles. The molecule has 0 aliphatic heterocycles. The number of amides is 1. The van der Waals surface area contributed by atoms with E-state index >= 15 is 0 Å². The van der Waals surface area contributed by atoms with Gasteiger partial charge in [-0.3, -0.25) is 14.9 Å². The molecule has 0 saturated carbocycles. The van der Waals surface area contributed by atoms with Gasteiger partial charge in [-0.05, 0) is 59.5 Å². The van der Waals surface area contributed by atoms with Gasteiger partial charge in [0, 0.05) is 35.2 Å². The van der Waals surface area contributed by atoms with Crippen LogP contribution in [0.5, 0.6) is 5.75 Å². The second-order valence-corrected chi connectivity index (χ2v) is 10.1. The lowest BCUT2D eigenvalue weighted by molar-refractivity contribution is -0.116. The Kier molecular flexibility index (Phi) is 6.47. The second-order valence-electron chi connectivity index (χ2n) is 10.1. The van der Waals surface area contributed by atoms with Crippen LogP contribution in [-0.4, -0.2) is 38.2 Å². The van der Waals surface area contributed by atoms with Crippen molar-refractivity contribution in [2.24, 2.45) is 5.92 Å². The van der Waals surface area contributed by atoms with Crippen molar-refractivity contribution in [1.82, 2.24) is 25.1 Å². The van der Waals surface area contributed by atoms with Gasteiger partial charge in [0.1, 0.15) is 22.8 Å². The lowest BCUT2D eigenvalue weighted by atomic mass is 10.0. The number of H-pyrrole nitrogens is 2. The normalized spacial score (nSPS) is 11.4. The van der Waals surface area contributed by atoms with E-state index in [1.54, 1.807) is 12.4 Å². The van der Waals surface area contributed by atoms with Crippen LogP contribution >= 0.6 is 0 Å². The molecule has 4 aromatic heterocycles. The molecule has 0 radical (unpaired) electrons. The molecule has 2 aromatic carbocycles. The van der Waals surface area contributed by atoms with E-state index < -0.39 is 0 Å². The van der Waals surface area contributed by atoms with Crippen molar-refractivity contribution < 1.29 is 13.9 Å². The van der Waals surface area contributed by atoms with Gasteiger partial charge in [-0.15, -0.1) is 0 Å². The summed E-state index contributed by atoms with van der Waals surface area (Å²) in [6.45, 7) is 4.00. The number of benzene rings is 2. The number of aromatic amines is 2. The third kappa shape index (κ3) is 4.89. The zero-order chi connectivity index (χ0) is 27.8. The van der Waals surface area contributed by atoms with E-state index in [0.717, 1.165) is 33.2 Å². The molecule has 0 spiro atoms. The molecule has 6 aromatic rings. The van der Waals surface area contributed by atoms with Gasteiger partial charge in [0.2, 0.25) is 5.91 Å². The first-order valence-electron chi connectivity index (χ1n) is 13.0. The number of aromatic nitrogens is 5. The lowest BCUT2D eigenvalue weighted by Gasteiger charge is -2.08. The van der Waals surface area contributed by atoms with Gasteiger partial charge in [0.25, 0.3) is 0 Å². The van der Waals surface area contributed by atoms with Crippen LogP contribution in [0.1, 0.15) is 20.3 Å². The molecule has 0 aliphatic carbocycles. The molecule has 3 N–H and O–H groups in total. The zero-order valence-corrected chi connectivity index (χ0v) is 22.2. The Morgan fingerprint density at radius 1 is 1.02 bits per heavy atom. The molecule has 40 heavy (non-hydrogen) atoms. The van der Waals surface area contributed by atoms with Crippen molar-refractivity contribution in [3.63, 3.8) is 0 Å². The maximum Gasteiger partial charge on any atom is 0.224 e. The molecule has 0 atom stereocenters. The number of rotatable bonds is 7. The van der Waals surface area contributed by atoms with Crippen molar-refractivity contribution in [3.8, 4) is 39.5 Å². The minimum Gasteiger partial charge on any atom is -0.497 e. The van der Waals surface area contributed by atoms with Gasteiger partial charge in [0.15, 0.2) is 0 Å². The SMILES string of the molecule is COc1cc(F)cc(-c2cccc3[nH]c(-c4n[nH]c5ccc(-c6cncc(NC(=O)CC(C)C)c6)nc45)cc23)c1. The van der Waals surface area contributed by atoms with E-state index in [1.807, 2.05) is 62.4 Å². The van der Waals surface area contributed by atoms with Crippen molar-refractivity contribution in [1.29, 1.82) is 0 Å². The average molecular weight is 535 g/mol. The highest BCUT2D eigenvalue weighted by atomic mass is 19.1. The summed E-state index contributed by atoms with van der Waals surface area (Å²) in [6.07, 6.45) is 3.78. The van der Waals surface area contributed by atoms with E-state index in [-0.39, 0.29) is 17.6 Å². The fourth-order valence-electron chi connectivity index (χ4n) is 4.85. The summed E-state index contributed by atoms with van der Waals surface area (Å²) in [7, 11) is 1.52. The largest absolute Gasteiger partial charge is 0.497 e. The Labute approximate surface area is 229 Å².